The van der Waals surface area contributed by atoms with Crippen molar-refractivity contribution in [3.05, 3.63) is 70.2 Å². The predicted molar refractivity (Wildman–Crippen MR) is 218 cm³/mol. The van der Waals surface area contributed by atoms with Crippen molar-refractivity contribution in [2.24, 2.45) is 5.92 Å². The Balaban J connectivity index is 0.000000443. The standard InChI is InChI=1S/C36H50ClN5O2.3C2HF3O2/c37-30-14-12-28(13-15-30)23-34(39-35(43)24-33-32-11-5-4-10-29(32)25-38-33)36(44)42-20-18-41(19-21-42)31(26-40-16-6-7-17-40)22-27-8-2-1-3-9-27;3*3-2(4,5)1(6)7/h4-5,10-15,27,31,33-34,38H,1-3,6-9,16-26H2,(H,39,43);3*(H,6,7). The number of amides is 2. The molecular formula is C42H53ClF9N5O8. The first-order valence-electron chi connectivity index (χ1n) is 20.9. The third-order valence-corrected chi connectivity index (χ3v) is 11.5. The molecule has 3 atom stereocenters. The van der Waals surface area contributed by atoms with Crippen LogP contribution in [0.3, 0.4) is 0 Å². The van der Waals surface area contributed by atoms with Gasteiger partial charge < -0.3 is 35.8 Å². The minimum Gasteiger partial charge on any atom is -0.475 e. The van der Waals surface area contributed by atoms with Gasteiger partial charge >= 0.3 is 36.4 Å². The number of piperazine rings is 1. The summed E-state index contributed by atoms with van der Waals surface area (Å²) in [6, 6.07) is 15.8. The fourth-order valence-corrected chi connectivity index (χ4v) is 8.12. The monoisotopic (exact) mass is 961 g/mol. The van der Waals surface area contributed by atoms with E-state index in [-0.39, 0.29) is 17.9 Å². The van der Waals surface area contributed by atoms with Crippen molar-refractivity contribution in [2.75, 3.05) is 45.8 Å². The van der Waals surface area contributed by atoms with Crippen LogP contribution in [0, 0.1) is 5.92 Å². The molecule has 1 saturated carbocycles. The van der Waals surface area contributed by atoms with Crippen LogP contribution in [0.4, 0.5) is 39.5 Å². The molecule has 13 nitrogen and oxygen atoms in total. The number of hydrogen-bond donors (Lipinski definition) is 5. The number of nitrogens with zero attached hydrogens (tertiary/aromatic N) is 3. The van der Waals surface area contributed by atoms with Gasteiger partial charge in [-0.15, -0.1) is 0 Å². The van der Waals surface area contributed by atoms with Crippen LogP contribution >= 0.6 is 11.6 Å². The summed E-state index contributed by atoms with van der Waals surface area (Å²) in [5, 5.41) is 28.7. The van der Waals surface area contributed by atoms with Crippen LogP contribution in [0.1, 0.15) is 80.5 Å². The second kappa shape index (κ2) is 25.3. The third kappa shape index (κ3) is 19.4. The topological polar surface area (TPSA) is 180 Å². The van der Waals surface area contributed by atoms with Crippen LogP contribution in [-0.2, 0) is 36.9 Å². The number of aliphatic carboxylic acids is 3. The van der Waals surface area contributed by atoms with E-state index in [2.05, 4.69) is 32.6 Å². The maximum Gasteiger partial charge on any atom is 0.490 e. The van der Waals surface area contributed by atoms with Gasteiger partial charge in [0.25, 0.3) is 0 Å². The zero-order valence-electron chi connectivity index (χ0n) is 35.2. The number of halogens is 10. The number of carboxylic acids is 3. The Morgan fingerprint density at radius 1 is 0.708 bits per heavy atom. The molecule has 2 amide bonds. The molecule has 0 spiro atoms. The fourth-order valence-electron chi connectivity index (χ4n) is 7.99. The molecule has 0 radical (unpaired) electrons. The van der Waals surface area contributed by atoms with E-state index < -0.39 is 42.5 Å². The molecule has 65 heavy (non-hydrogen) atoms. The molecule has 3 heterocycles. The molecule has 4 aliphatic rings. The summed E-state index contributed by atoms with van der Waals surface area (Å²) in [5.74, 6) is -7.50. The largest absolute Gasteiger partial charge is 0.490 e. The zero-order valence-corrected chi connectivity index (χ0v) is 35.9. The van der Waals surface area contributed by atoms with E-state index in [4.69, 9.17) is 41.3 Å². The second-order valence-electron chi connectivity index (χ2n) is 16.0. The van der Waals surface area contributed by atoms with Gasteiger partial charge in [-0.05, 0) is 67.1 Å². The summed E-state index contributed by atoms with van der Waals surface area (Å²) < 4.78 is 95.2. The number of rotatable bonds is 11. The Morgan fingerprint density at radius 2 is 1.22 bits per heavy atom. The molecule has 364 valence electrons. The summed E-state index contributed by atoms with van der Waals surface area (Å²) in [6.45, 7) is 7.63. The molecule has 3 aliphatic heterocycles. The molecule has 6 rings (SSSR count). The van der Waals surface area contributed by atoms with E-state index in [1.54, 1.807) is 0 Å². The summed E-state index contributed by atoms with van der Waals surface area (Å²) in [7, 11) is 0. The lowest BCUT2D eigenvalue weighted by molar-refractivity contribution is -0.193. The first-order chi connectivity index (χ1) is 30.3. The number of alkyl halides is 9. The van der Waals surface area contributed by atoms with E-state index in [1.165, 1.54) is 75.6 Å². The number of likely N-dealkylation sites (tertiary alicyclic amines) is 1. The van der Waals surface area contributed by atoms with Gasteiger partial charge in [-0.3, -0.25) is 14.5 Å². The van der Waals surface area contributed by atoms with Gasteiger partial charge in [0, 0.05) is 69.2 Å². The molecule has 2 saturated heterocycles. The van der Waals surface area contributed by atoms with Crippen molar-refractivity contribution in [3.63, 3.8) is 0 Å². The number of fused-ring (bicyclic) bond motifs is 1. The molecular weight excluding hydrogens is 909 g/mol. The lowest BCUT2D eigenvalue weighted by atomic mass is 9.84. The molecule has 1 aliphatic carbocycles. The number of nitrogens with one attached hydrogen (secondary N) is 2. The van der Waals surface area contributed by atoms with E-state index in [9.17, 15) is 49.1 Å². The summed E-state index contributed by atoms with van der Waals surface area (Å²) in [6.07, 6.45) is -3.63. The minimum absolute atomic E-state index is 0.0242. The lowest BCUT2D eigenvalue weighted by Gasteiger charge is -2.42. The maximum absolute atomic E-state index is 14.1. The summed E-state index contributed by atoms with van der Waals surface area (Å²) in [5.41, 5.74) is 3.41. The number of carbonyl (C=O) groups excluding carboxylic acids is 2. The highest BCUT2D eigenvalue weighted by Gasteiger charge is 2.40. The Kier molecular flexibility index (Phi) is 21.3. The van der Waals surface area contributed by atoms with Gasteiger partial charge in [0.15, 0.2) is 0 Å². The van der Waals surface area contributed by atoms with Gasteiger partial charge in [-0.1, -0.05) is 80.1 Å². The maximum atomic E-state index is 14.1. The minimum atomic E-state index is -5.08. The SMILES string of the molecule is O=C(CC1NCc2ccccc21)NC(Cc1ccc(Cl)cc1)C(=O)N1CCN(C(CC2CCCCC2)CN2CCCC2)CC1.O=C(O)C(F)(F)F.O=C(O)C(F)(F)F.O=C(O)C(F)(F)F. The highest BCUT2D eigenvalue weighted by molar-refractivity contribution is 6.30. The highest BCUT2D eigenvalue weighted by Crippen LogP contribution is 2.31. The Morgan fingerprint density at radius 3 is 1.72 bits per heavy atom. The van der Waals surface area contributed by atoms with Gasteiger partial charge in [0.05, 0.1) is 0 Å². The average Bonchev–Trinajstić information content (AvgIpc) is 3.91. The van der Waals surface area contributed by atoms with Gasteiger partial charge in [-0.25, -0.2) is 14.4 Å². The molecule has 5 N–H and O–H groups in total. The van der Waals surface area contributed by atoms with Crippen molar-refractivity contribution in [2.45, 2.75) is 107 Å². The second-order valence-corrected chi connectivity index (χ2v) is 16.4. The summed E-state index contributed by atoms with van der Waals surface area (Å²) >= 11 is 6.15. The summed E-state index contributed by atoms with van der Waals surface area (Å²) in [4.78, 5) is 61.5. The Bertz CT molecular complexity index is 1790. The van der Waals surface area contributed by atoms with Crippen molar-refractivity contribution >= 4 is 41.3 Å². The molecule has 0 aromatic heterocycles. The van der Waals surface area contributed by atoms with Gasteiger partial charge in [0.2, 0.25) is 11.8 Å². The van der Waals surface area contributed by atoms with Crippen molar-refractivity contribution in [1.29, 1.82) is 0 Å². The average molecular weight is 962 g/mol. The number of carbonyl (C=O) groups is 5. The van der Waals surface area contributed by atoms with E-state index >= 15 is 0 Å². The molecule has 2 aromatic rings. The van der Waals surface area contributed by atoms with E-state index in [0.29, 0.717) is 37.0 Å². The van der Waals surface area contributed by atoms with E-state index in [1.807, 2.05) is 41.3 Å². The molecule has 0 bridgehead atoms. The van der Waals surface area contributed by atoms with E-state index in [0.717, 1.165) is 37.7 Å². The van der Waals surface area contributed by atoms with Crippen LogP contribution in [0.2, 0.25) is 5.02 Å². The Hall–Kier alpha value is -4.67. The zero-order chi connectivity index (χ0) is 48.5. The van der Waals surface area contributed by atoms with Crippen LogP contribution < -0.4 is 10.6 Å². The number of carboxylic acid groups (broad SMARTS) is 3. The quantitative estimate of drug-likeness (QED) is 0.145. The Labute approximate surface area is 374 Å². The van der Waals surface area contributed by atoms with Crippen LogP contribution in [-0.4, -0.2) is 136 Å². The van der Waals surface area contributed by atoms with Crippen LogP contribution in [0.5, 0.6) is 0 Å². The molecule has 3 fully saturated rings. The molecule has 3 unspecified atom stereocenters. The smallest absolute Gasteiger partial charge is 0.475 e. The molecule has 2 aromatic carbocycles. The van der Waals surface area contributed by atoms with Gasteiger partial charge in [-0.2, -0.15) is 39.5 Å². The van der Waals surface area contributed by atoms with Crippen molar-refractivity contribution in [1.82, 2.24) is 25.3 Å². The van der Waals surface area contributed by atoms with Gasteiger partial charge in [0.1, 0.15) is 6.04 Å². The first-order valence-corrected chi connectivity index (χ1v) is 21.2. The van der Waals surface area contributed by atoms with Crippen molar-refractivity contribution in [3.8, 4) is 0 Å². The van der Waals surface area contributed by atoms with Crippen LogP contribution in [0.25, 0.3) is 0 Å². The van der Waals surface area contributed by atoms with Crippen LogP contribution in [0.15, 0.2) is 48.5 Å². The number of hydrogen-bond acceptors (Lipinski definition) is 8. The highest BCUT2D eigenvalue weighted by atomic mass is 35.5. The molecule has 23 heteroatoms. The fraction of sp³-hybridized carbons (Fsp3) is 0.595. The predicted octanol–water partition coefficient (Wildman–Crippen LogP) is 7.08. The number of benzene rings is 2. The normalized spacial score (nSPS) is 19.2. The first kappa shape index (κ1) is 54.7. The lowest BCUT2D eigenvalue weighted by Crippen LogP contribution is -2.58. The third-order valence-electron chi connectivity index (χ3n) is 11.2. The van der Waals surface area contributed by atoms with Crippen molar-refractivity contribution < 1.29 is 78.8 Å².